The maximum atomic E-state index is 13.8. The smallest absolute Gasteiger partial charge is 0.241 e. The minimum absolute atomic E-state index is 0.0746. The van der Waals surface area contributed by atoms with E-state index >= 15 is 0 Å². The molecule has 12 heteroatoms. The average Bonchev–Trinajstić information content (AvgIpc) is 3.67. The van der Waals surface area contributed by atoms with Crippen molar-refractivity contribution in [1.29, 1.82) is 0 Å². The van der Waals surface area contributed by atoms with Gasteiger partial charge in [0, 0.05) is 23.6 Å². The zero-order chi connectivity index (χ0) is 31.0. The fourth-order valence-corrected chi connectivity index (χ4v) is 6.46. The number of nitrogens with zero attached hydrogens (tertiary/aromatic N) is 2. The number of benzene rings is 2. The van der Waals surface area contributed by atoms with Gasteiger partial charge >= 0.3 is 0 Å². The van der Waals surface area contributed by atoms with E-state index in [0.717, 1.165) is 11.1 Å². The molecular formula is C31H42N4O7S. The molecule has 1 aromatic heterocycles. The van der Waals surface area contributed by atoms with Gasteiger partial charge < -0.3 is 23.5 Å². The number of rotatable bonds is 11. The highest BCUT2D eigenvalue weighted by Crippen LogP contribution is 2.39. The molecule has 0 bridgehead atoms. The van der Waals surface area contributed by atoms with Gasteiger partial charge in [-0.15, -0.1) is 0 Å². The Morgan fingerprint density at radius 1 is 1.12 bits per heavy atom. The standard InChI is InChI=1S/C31H42N4O7S/c1-19(2)12-21-14-23(15-26-28(21)40-18-39-26)43(36,37)35-24(25-16-41-31(6,7)33-25)13-20-8-10-22(11-9-20)38-17-27-32-29(42-34-27)30(3,4)5/h8-11,14-15,19,24-25,33,35H,12-13,16-18H2,1-7H3/t24?,25-/m1/s1. The number of nitrogens with one attached hydrogen (secondary N) is 2. The minimum atomic E-state index is -3.92. The summed E-state index contributed by atoms with van der Waals surface area (Å²) in [7, 11) is -3.92. The summed E-state index contributed by atoms with van der Waals surface area (Å²) in [5.41, 5.74) is 0.944. The lowest BCUT2D eigenvalue weighted by Crippen LogP contribution is -2.52. The molecule has 1 saturated heterocycles. The summed E-state index contributed by atoms with van der Waals surface area (Å²) >= 11 is 0. The Bertz CT molecular complexity index is 1530. The van der Waals surface area contributed by atoms with Crippen LogP contribution < -0.4 is 24.2 Å². The third kappa shape index (κ3) is 7.67. The van der Waals surface area contributed by atoms with E-state index in [9.17, 15) is 8.42 Å². The fraction of sp³-hybridized carbons (Fsp3) is 0.548. The summed E-state index contributed by atoms with van der Waals surface area (Å²) in [5, 5.41) is 7.42. The van der Waals surface area contributed by atoms with Crippen LogP contribution in [0.2, 0.25) is 0 Å². The molecule has 43 heavy (non-hydrogen) atoms. The van der Waals surface area contributed by atoms with Crippen molar-refractivity contribution in [2.45, 2.75) is 96.0 Å². The Kier molecular flexibility index (Phi) is 8.77. The molecular weight excluding hydrogens is 572 g/mol. The van der Waals surface area contributed by atoms with Crippen LogP contribution in [0.4, 0.5) is 0 Å². The van der Waals surface area contributed by atoms with Crippen LogP contribution in [0.1, 0.15) is 71.3 Å². The summed E-state index contributed by atoms with van der Waals surface area (Å²) in [6.07, 6.45) is 1.10. The molecule has 0 aliphatic carbocycles. The first-order valence-electron chi connectivity index (χ1n) is 14.6. The quantitative estimate of drug-likeness (QED) is 0.318. The van der Waals surface area contributed by atoms with Gasteiger partial charge in [0.25, 0.3) is 0 Å². The van der Waals surface area contributed by atoms with Crippen LogP contribution in [0.5, 0.6) is 17.2 Å². The lowest BCUT2D eigenvalue weighted by atomic mass is 9.97. The summed E-state index contributed by atoms with van der Waals surface area (Å²) < 4.78 is 58.9. The zero-order valence-electron chi connectivity index (χ0n) is 25.9. The Balaban J connectivity index is 1.32. The number of hydrogen-bond acceptors (Lipinski definition) is 10. The molecule has 1 fully saturated rings. The van der Waals surface area contributed by atoms with Crippen LogP contribution in [0.25, 0.3) is 0 Å². The van der Waals surface area contributed by atoms with Crippen LogP contribution in [0, 0.1) is 5.92 Å². The molecule has 3 heterocycles. The molecule has 2 aliphatic heterocycles. The van der Waals surface area contributed by atoms with E-state index in [0.29, 0.717) is 54.3 Å². The molecule has 2 aromatic carbocycles. The van der Waals surface area contributed by atoms with Crippen molar-refractivity contribution in [3.8, 4) is 17.2 Å². The molecule has 2 atom stereocenters. The van der Waals surface area contributed by atoms with Gasteiger partial charge in [-0.2, -0.15) is 4.98 Å². The van der Waals surface area contributed by atoms with Crippen molar-refractivity contribution >= 4 is 10.0 Å². The molecule has 5 rings (SSSR count). The predicted octanol–water partition coefficient (Wildman–Crippen LogP) is 4.49. The third-order valence-corrected chi connectivity index (χ3v) is 8.74. The average molecular weight is 615 g/mol. The summed E-state index contributed by atoms with van der Waals surface area (Å²) in [4.78, 5) is 4.55. The highest BCUT2D eigenvalue weighted by molar-refractivity contribution is 7.89. The predicted molar refractivity (Wildman–Crippen MR) is 160 cm³/mol. The second-order valence-corrected chi connectivity index (χ2v) is 14.8. The van der Waals surface area contributed by atoms with Crippen molar-refractivity contribution in [1.82, 2.24) is 20.2 Å². The van der Waals surface area contributed by atoms with E-state index < -0.39 is 21.8 Å². The lowest BCUT2D eigenvalue weighted by molar-refractivity contribution is 0.0230. The SMILES string of the molecule is CC(C)Cc1cc(S(=O)(=O)NC(Cc2ccc(OCc3noc(C(C)(C)C)n3)cc2)[C@H]2COC(C)(C)N2)cc2c1OCO2. The van der Waals surface area contributed by atoms with Crippen LogP contribution in [-0.4, -0.2) is 49.8 Å². The van der Waals surface area contributed by atoms with Gasteiger partial charge in [-0.05, 0) is 61.9 Å². The molecule has 1 unspecified atom stereocenters. The molecule has 0 radical (unpaired) electrons. The molecule has 2 N–H and O–H groups in total. The van der Waals surface area contributed by atoms with Crippen LogP contribution >= 0.6 is 0 Å². The first kappa shape index (κ1) is 31.2. The lowest BCUT2D eigenvalue weighted by Gasteiger charge is -2.26. The topological polar surface area (TPSA) is 134 Å². The normalized spacial score (nSPS) is 18.7. The Labute approximate surface area is 253 Å². The molecule has 0 saturated carbocycles. The van der Waals surface area contributed by atoms with E-state index in [1.165, 1.54) is 6.07 Å². The van der Waals surface area contributed by atoms with Gasteiger partial charge in [-0.3, -0.25) is 5.32 Å². The van der Waals surface area contributed by atoms with Gasteiger partial charge in [-0.25, -0.2) is 13.1 Å². The number of ether oxygens (including phenoxy) is 4. The van der Waals surface area contributed by atoms with Crippen LogP contribution in [-0.2, 0) is 39.6 Å². The number of aromatic nitrogens is 2. The fourth-order valence-electron chi connectivity index (χ4n) is 5.12. The summed E-state index contributed by atoms with van der Waals surface area (Å²) in [6.45, 7) is 14.6. The van der Waals surface area contributed by atoms with E-state index in [4.69, 9.17) is 23.5 Å². The molecule has 3 aromatic rings. The third-order valence-electron chi connectivity index (χ3n) is 7.27. The van der Waals surface area contributed by atoms with E-state index in [-0.39, 0.29) is 29.8 Å². The van der Waals surface area contributed by atoms with Crippen molar-refractivity contribution in [3.63, 3.8) is 0 Å². The molecule has 11 nitrogen and oxygen atoms in total. The zero-order valence-corrected chi connectivity index (χ0v) is 26.7. The monoisotopic (exact) mass is 614 g/mol. The van der Waals surface area contributed by atoms with E-state index in [1.807, 2.05) is 58.9 Å². The Morgan fingerprint density at radius 3 is 2.49 bits per heavy atom. The van der Waals surface area contributed by atoms with Crippen LogP contribution in [0.15, 0.2) is 45.8 Å². The van der Waals surface area contributed by atoms with Crippen LogP contribution in [0.3, 0.4) is 0 Å². The second-order valence-electron chi connectivity index (χ2n) is 13.1. The van der Waals surface area contributed by atoms with Crippen molar-refractivity contribution in [2.75, 3.05) is 13.4 Å². The van der Waals surface area contributed by atoms with Gasteiger partial charge in [0.05, 0.1) is 11.5 Å². The first-order chi connectivity index (χ1) is 20.2. The number of hydrogen-bond donors (Lipinski definition) is 2. The maximum absolute atomic E-state index is 13.8. The second kappa shape index (κ2) is 12.1. The van der Waals surface area contributed by atoms with E-state index in [1.54, 1.807) is 6.07 Å². The van der Waals surface area contributed by atoms with Crippen molar-refractivity contribution < 1.29 is 31.9 Å². The first-order valence-corrected chi connectivity index (χ1v) is 16.1. The molecule has 0 amide bonds. The van der Waals surface area contributed by atoms with E-state index in [2.05, 4.69) is 34.0 Å². The Hall–Kier alpha value is -3.19. The minimum Gasteiger partial charge on any atom is -0.485 e. The summed E-state index contributed by atoms with van der Waals surface area (Å²) in [6, 6.07) is 10.0. The highest BCUT2D eigenvalue weighted by Gasteiger charge is 2.38. The van der Waals surface area contributed by atoms with Crippen molar-refractivity contribution in [3.05, 3.63) is 59.2 Å². The number of fused-ring (bicyclic) bond motifs is 1. The maximum Gasteiger partial charge on any atom is 0.241 e. The highest BCUT2D eigenvalue weighted by atomic mass is 32.2. The molecule has 234 valence electrons. The van der Waals surface area contributed by atoms with Gasteiger partial charge in [0.15, 0.2) is 18.1 Å². The van der Waals surface area contributed by atoms with Gasteiger partial charge in [0.2, 0.25) is 28.5 Å². The molecule has 0 spiro atoms. The van der Waals surface area contributed by atoms with Gasteiger partial charge in [0.1, 0.15) is 11.5 Å². The van der Waals surface area contributed by atoms with Crippen molar-refractivity contribution in [2.24, 2.45) is 5.92 Å². The molecule has 2 aliphatic rings. The number of sulfonamides is 1. The summed E-state index contributed by atoms with van der Waals surface area (Å²) in [5.74, 6) is 3.05. The van der Waals surface area contributed by atoms with Gasteiger partial charge in [-0.1, -0.05) is 51.9 Å². The Morgan fingerprint density at radius 2 is 1.86 bits per heavy atom. The largest absolute Gasteiger partial charge is 0.485 e.